The van der Waals surface area contributed by atoms with E-state index in [0.717, 1.165) is 29.3 Å². The van der Waals surface area contributed by atoms with Crippen molar-refractivity contribution >= 4 is 34.6 Å². The van der Waals surface area contributed by atoms with Crippen LogP contribution in [0.25, 0.3) is 11.5 Å². The van der Waals surface area contributed by atoms with Crippen LogP contribution in [0.5, 0.6) is 0 Å². The summed E-state index contributed by atoms with van der Waals surface area (Å²) < 4.78 is 118. The van der Waals surface area contributed by atoms with Gasteiger partial charge in [0.1, 0.15) is 17.1 Å². The molecule has 0 unspecified atom stereocenters. The monoisotopic (exact) mass is 619 g/mol. The first-order valence-corrected chi connectivity index (χ1v) is 10.2. The number of hydrogen-bond donors (Lipinski definition) is 2. The molecule has 0 aliphatic carbocycles. The maximum Gasteiger partial charge on any atom is 0.433 e. The Morgan fingerprint density at radius 1 is 0.868 bits per heavy atom. The van der Waals surface area contributed by atoms with Crippen molar-refractivity contribution < 1.29 is 44.6 Å². The van der Waals surface area contributed by atoms with Gasteiger partial charge in [0, 0.05) is 24.8 Å². The Balaban J connectivity index is 0.00000400. The lowest BCUT2D eigenvalue weighted by atomic mass is 10.0. The highest BCUT2D eigenvalue weighted by molar-refractivity contribution is 8.93. The first-order chi connectivity index (χ1) is 17.0. The Morgan fingerprint density at radius 2 is 1.55 bits per heavy atom. The number of halogens is 10. The van der Waals surface area contributed by atoms with E-state index in [1.807, 2.05) is 0 Å². The number of alkyl halides is 9. The zero-order chi connectivity index (χ0) is 27.2. The Hall–Kier alpha value is -3.28. The summed E-state index contributed by atoms with van der Waals surface area (Å²) in [5, 5.41) is 12.4. The van der Waals surface area contributed by atoms with Crippen LogP contribution in [0, 0.1) is 0 Å². The van der Waals surface area contributed by atoms with Gasteiger partial charge in [0.05, 0.1) is 6.54 Å². The molecule has 3 aromatic rings. The minimum Gasteiger partial charge on any atom is -0.379 e. The van der Waals surface area contributed by atoms with Crippen LogP contribution in [0.2, 0.25) is 0 Å². The third-order valence-electron chi connectivity index (χ3n) is 5.26. The standard InChI is InChI=1S/C20H14F9N7O.BrH/c21-18(22,23)12-3-1-2-11(32-12)14-33-15(31-10-4-6-30-13(8-10)19(24,25)26)35-16(34-14)36-7-5-17(37,9-36)20(27,28)29;/h1-4,6,8,37H,5,7,9H2,(H,30,31,33,34,35);1H/t17-;/m0./s1. The second-order valence-electron chi connectivity index (χ2n) is 7.94. The third-order valence-corrected chi connectivity index (χ3v) is 5.26. The average molecular weight is 620 g/mol. The SMILES string of the molecule is Br.O[C@@]1(C(F)(F)F)CCN(c2nc(Nc3ccnc(C(F)(F)F)c3)nc(-c3cccc(C(F)(F)F)n3)n2)C1. The highest BCUT2D eigenvalue weighted by atomic mass is 79.9. The van der Waals surface area contributed by atoms with Crippen LogP contribution in [0.3, 0.4) is 0 Å². The van der Waals surface area contributed by atoms with Gasteiger partial charge in [0.2, 0.25) is 11.9 Å². The normalized spacial score (nSPS) is 18.3. The average Bonchev–Trinajstić information content (AvgIpc) is 3.22. The molecule has 18 heteroatoms. The van der Waals surface area contributed by atoms with Gasteiger partial charge in [0.15, 0.2) is 11.4 Å². The first kappa shape index (κ1) is 29.3. The van der Waals surface area contributed by atoms with E-state index >= 15 is 0 Å². The Bertz CT molecular complexity index is 1300. The predicted molar refractivity (Wildman–Crippen MR) is 119 cm³/mol. The van der Waals surface area contributed by atoms with E-state index in [-0.39, 0.29) is 29.2 Å². The summed E-state index contributed by atoms with van der Waals surface area (Å²) in [7, 11) is 0. The van der Waals surface area contributed by atoms with E-state index < -0.39 is 71.9 Å². The quantitative estimate of drug-likeness (QED) is 0.385. The molecule has 0 spiro atoms. The van der Waals surface area contributed by atoms with Gasteiger partial charge in [-0.3, -0.25) is 4.98 Å². The van der Waals surface area contributed by atoms with Crippen LogP contribution in [-0.4, -0.2) is 54.9 Å². The molecule has 3 aromatic heterocycles. The van der Waals surface area contributed by atoms with Crippen molar-refractivity contribution in [2.45, 2.75) is 30.6 Å². The van der Waals surface area contributed by atoms with Crippen molar-refractivity contribution in [3.05, 3.63) is 47.9 Å². The van der Waals surface area contributed by atoms with Crippen molar-refractivity contribution in [3.8, 4) is 11.5 Å². The molecule has 2 N–H and O–H groups in total. The molecule has 0 aromatic carbocycles. The molecular formula is C20H15BrF9N7O. The number of nitrogens with one attached hydrogen (secondary N) is 1. The number of nitrogens with zero attached hydrogens (tertiary/aromatic N) is 6. The Morgan fingerprint density at radius 3 is 2.16 bits per heavy atom. The van der Waals surface area contributed by atoms with Crippen molar-refractivity contribution in [3.63, 3.8) is 0 Å². The van der Waals surface area contributed by atoms with Gasteiger partial charge in [-0.15, -0.1) is 17.0 Å². The maximum atomic E-state index is 13.3. The molecule has 1 atom stereocenters. The van der Waals surface area contributed by atoms with Gasteiger partial charge in [-0.25, -0.2) is 4.98 Å². The largest absolute Gasteiger partial charge is 0.433 e. The van der Waals surface area contributed by atoms with E-state index in [1.54, 1.807) is 0 Å². The van der Waals surface area contributed by atoms with Crippen LogP contribution in [0.15, 0.2) is 36.5 Å². The minimum atomic E-state index is -4.99. The molecule has 1 aliphatic rings. The second-order valence-corrected chi connectivity index (χ2v) is 7.94. The van der Waals surface area contributed by atoms with Gasteiger partial charge < -0.3 is 15.3 Å². The number of anilines is 3. The molecule has 206 valence electrons. The van der Waals surface area contributed by atoms with E-state index in [0.29, 0.717) is 12.1 Å². The van der Waals surface area contributed by atoms with E-state index in [1.165, 1.54) is 0 Å². The molecule has 0 saturated carbocycles. The fourth-order valence-electron chi connectivity index (χ4n) is 3.38. The summed E-state index contributed by atoms with van der Waals surface area (Å²) in [6, 6.07) is 4.48. The highest BCUT2D eigenvalue weighted by Gasteiger charge is 2.57. The van der Waals surface area contributed by atoms with E-state index in [2.05, 4.69) is 30.2 Å². The maximum absolute atomic E-state index is 13.3. The Kier molecular flexibility index (Phi) is 7.80. The number of pyridine rings is 2. The first-order valence-electron chi connectivity index (χ1n) is 10.2. The topological polar surface area (TPSA) is 100.0 Å². The Labute approximate surface area is 217 Å². The van der Waals surface area contributed by atoms with Crippen molar-refractivity contribution in [2.75, 3.05) is 23.3 Å². The van der Waals surface area contributed by atoms with Crippen molar-refractivity contribution in [1.29, 1.82) is 0 Å². The molecular weight excluding hydrogens is 605 g/mol. The van der Waals surface area contributed by atoms with Crippen LogP contribution in [0.4, 0.5) is 57.1 Å². The van der Waals surface area contributed by atoms with Crippen LogP contribution < -0.4 is 10.2 Å². The van der Waals surface area contributed by atoms with Crippen molar-refractivity contribution in [2.24, 2.45) is 0 Å². The lowest BCUT2D eigenvalue weighted by Crippen LogP contribution is -2.47. The van der Waals surface area contributed by atoms with Crippen molar-refractivity contribution in [1.82, 2.24) is 24.9 Å². The lowest BCUT2D eigenvalue weighted by molar-refractivity contribution is -0.250. The molecule has 0 radical (unpaired) electrons. The summed E-state index contributed by atoms with van der Waals surface area (Å²) in [5.74, 6) is -1.48. The number of aliphatic hydroxyl groups is 1. The zero-order valence-electron chi connectivity index (χ0n) is 18.5. The molecule has 4 rings (SSSR count). The number of hydrogen-bond acceptors (Lipinski definition) is 8. The highest BCUT2D eigenvalue weighted by Crippen LogP contribution is 2.39. The van der Waals surface area contributed by atoms with Gasteiger partial charge in [-0.05, 0) is 24.3 Å². The summed E-state index contributed by atoms with van der Waals surface area (Å²) in [6.45, 7) is -1.38. The summed E-state index contributed by atoms with van der Waals surface area (Å²) >= 11 is 0. The summed E-state index contributed by atoms with van der Waals surface area (Å²) in [5.41, 5.74) is -6.35. The van der Waals surface area contributed by atoms with Gasteiger partial charge in [0.25, 0.3) is 0 Å². The third kappa shape index (κ3) is 6.23. The fourth-order valence-corrected chi connectivity index (χ4v) is 3.38. The van der Waals surface area contributed by atoms with Gasteiger partial charge in [-0.1, -0.05) is 6.07 Å². The van der Waals surface area contributed by atoms with Gasteiger partial charge in [-0.2, -0.15) is 54.5 Å². The molecule has 0 bridgehead atoms. The zero-order valence-corrected chi connectivity index (χ0v) is 20.2. The summed E-state index contributed by atoms with van der Waals surface area (Å²) in [6.07, 6.45) is -14.6. The van der Waals surface area contributed by atoms with E-state index in [4.69, 9.17) is 0 Å². The summed E-state index contributed by atoms with van der Waals surface area (Å²) in [4.78, 5) is 19.3. The number of rotatable bonds is 4. The predicted octanol–water partition coefficient (Wildman–Crippen LogP) is 5.19. The molecule has 1 aliphatic heterocycles. The smallest absolute Gasteiger partial charge is 0.379 e. The number of β-amino-alcohol motifs (C(OH)–C–C–N with tert-alkyl or cyclic N) is 1. The van der Waals surface area contributed by atoms with Crippen LogP contribution in [0.1, 0.15) is 17.8 Å². The fraction of sp³-hybridized carbons (Fsp3) is 0.350. The van der Waals surface area contributed by atoms with Gasteiger partial charge >= 0.3 is 18.5 Å². The molecule has 4 heterocycles. The molecule has 38 heavy (non-hydrogen) atoms. The minimum absolute atomic E-state index is 0. The van der Waals surface area contributed by atoms with E-state index in [9.17, 15) is 44.6 Å². The molecule has 8 nitrogen and oxygen atoms in total. The molecule has 1 saturated heterocycles. The molecule has 0 amide bonds. The number of aromatic nitrogens is 5. The van der Waals surface area contributed by atoms with Crippen LogP contribution >= 0.6 is 17.0 Å². The second kappa shape index (κ2) is 10.1. The molecule has 1 fully saturated rings. The lowest BCUT2D eigenvalue weighted by Gasteiger charge is -2.26. The van der Waals surface area contributed by atoms with Crippen LogP contribution in [-0.2, 0) is 12.4 Å².